The lowest BCUT2D eigenvalue weighted by Gasteiger charge is -2.27. The second-order valence-corrected chi connectivity index (χ2v) is 5.57. The van der Waals surface area contributed by atoms with Gasteiger partial charge in [-0.3, -0.25) is 0 Å². The van der Waals surface area contributed by atoms with Gasteiger partial charge in [-0.1, -0.05) is 20.3 Å². The highest BCUT2D eigenvalue weighted by molar-refractivity contribution is 7.99. The van der Waals surface area contributed by atoms with Crippen LogP contribution >= 0.6 is 11.8 Å². The molecule has 1 heterocycles. The Morgan fingerprint density at radius 3 is 2.54 bits per heavy atom. The number of nitrogens with two attached hydrogens (primary N) is 1. The summed E-state index contributed by atoms with van der Waals surface area (Å²) in [6.45, 7) is 4.52. The molecule has 1 saturated heterocycles. The molecule has 2 heteroatoms. The van der Waals surface area contributed by atoms with E-state index in [1.165, 1.54) is 37.2 Å². The van der Waals surface area contributed by atoms with E-state index in [1.807, 2.05) is 0 Å². The molecule has 0 aromatic heterocycles. The molecule has 0 bridgehead atoms. The third-order valence-corrected chi connectivity index (χ3v) is 4.37. The third-order valence-electron chi connectivity index (χ3n) is 3.32. The molecule has 0 amide bonds. The van der Waals surface area contributed by atoms with Gasteiger partial charge in [0.05, 0.1) is 0 Å². The van der Waals surface area contributed by atoms with Crippen molar-refractivity contribution in [2.75, 3.05) is 11.5 Å². The van der Waals surface area contributed by atoms with Gasteiger partial charge in [0, 0.05) is 6.04 Å². The van der Waals surface area contributed by atoms with Crippen molar-refractivity contribution in [2.45, 2.75) is 45.6 Å². The summed E-state index contributed by atoms with van der Waals surface area (Å²) in [4.78, 5) is 0. The van der Waals surface area contributed by atoms with E-state index >= 15 is 0 Å². The third kappa shape index (κ3) is 3.90. The lowest BCUT2D eigenvalue weighted by atomic mass is 9.88. The maximum absolute atomic E-state index is 6.15. The van der Waals surface area contributed by atoms with E-state index in [1.54, 1.807) is 0 Å². The average molecular weight is 201 g/mol. The van der Waals surface area contributed by atoms with Gasteiger partial charge in [0.1, 0.15) is 0 Å². The van der Waals surface area contributed by atoms with E-state index in [0.717, 1.165) is 5.92 Å². The molecule has 0 aliphatic carbocycles. The maximum Gasteiger partial charge on any atom is 0.00670 e. The lowest BCUT2D eigenvalue weighted by molar-refractivity contribution is 0.337. The number of thioether (sulfide) groups is 1. The van der Waals surface area contributed by atoms with E-state index in [-0.39, 0.29) is 0 Å². The summed E-state index contributed by atoms with van der Waals surface area (Å²) in [6.07, 6.45) is 5.28. The van der Waals surface area contributed by atoms with Gasteiger partial charge in [0.25, 0.3) is 0 Å². The highest BCUT2D eigenvalue weighted by Gasteiger charge is 2.19. The van der Waals surface area contributed by atoms with E-state index < -0.39 is 0 Å². The van der Waals surface area contributed by atoms with Gasteiger partial charge in [0.15, 0.2) is 0 Å². The molecule has 0 spiro atoms. The van der Waals surface area contributed by atoms with Gasteiger partial charge >= 0.3 is 0 Å². The smallest absolute Gasteiger partial charge is 0.00670 e. The minimum absolute atomic E-state index is 0.443. The Morgan fingerprint density at radius 1 is 1.38 bits per heavy atom. The molecule has 0 radical (unpaired) electrons. The summed E-state index contributed by atoms with van der Waals surface area (Å²) in [5.74, 6) is 4.34. The second kappa shape index (κ2) is 5.92. The van der Waals surface area contributed by atoms with Crippen molar-refractivity contribution in [1.82, 2.24) is 0 Å². The molecular formula is C11H23NS. The van der Waals surface area contributed by atoms with E-state index in [9.17, 15) is 0 Å². The zero-order valence-corrected chi connectivity index (χ0v) is 9.78. The molecule has 0 aromatic rings. The van der Waals surface area contributed by atoms with Crippen LogP contribution in [0.15, 0.2) is 0 Å². The van der Waals surface area contributed by atoms with Crippen molar-refractivity contribution < 1.29 is 0 Å². The Labute approximate surface area is 86.8 Å². The largest absolute Gasteiger partial charge is 0.327 e. The lowest BCUT2D eigenvalue weighted by Crippen LogP contribution is -2.31. The first-order valence-electron chi connectivity index (χ1n) is 5.57. The molecule has 78 valence electrons. The quantitative estimate of drug-likeness (QED) is 0.757. The van der Waals surface area contributed by atoms with Crippen LogP contribution in [0.5, 0.6) is 0 Å². The fourth-order valence-corrected chi connectivity index (χ4v) is 3.11. The maximum atomic E-state index is 6.15. The van der Waals surface area contributed by atoms with Crippen molar-refractivity contribution in [3.05, 3.63) is 0 Å². The minimum Gasteiger partial charge on any atom is -0.327 e. The molecule has 1 nitrogen and oxygen atoms in total. The Kier molecular flexibility index (Phi) is 5.18. The molecule has 0 aromatic carbocycles. The molecule has 1 rings (SSSR count). The first kappa shape index (κ1) is 11.4. The predicted molar refractivity (Wildman–Crippen MR) is 62.1 cm³/mol. The van der Waals surface area contributed by atoms with Crippen LogP contribution in [0.25, 0.3) is 0 Å². The molecule has 1 fully saturated rings. The highest BCUT2D eigenvalue weighted by Crippen LogP contribution is 2.27. The summed E-state index contributed by atoms with van der Waals surface area (Å²) in [6, 6.07) is 0.443. The van der Waals surface area contributed by atoms with Gasteiger partial charge in [0.2, 0.25) is 0 Å². The van der Waals surface area contributed by atoms with Gasteiger partial charge in [-0.15, -0.1) is 0 Å². The van der Waals surface area contributed by atoms with Gasteiger partial charge < -0.3 is 5.73 Å². The minimum atomic E-state index is 0.443. The van der Waals surface area contributed by atoms with Crippen LogP contribution in [0.4, 0.5) is 0 Å². The Bertz CT molecular complexity index is 132. The van der Waals surface area contributed by atoms with Crippen LogP contribution in [0.3, 0.4) is 0 Å². The molecular weight excluding hydrogens is 178 g/mol. The summed E-state index contributed by atoms with van der Waals surface area (Å²) < 4.78 is 0. The summed E-state index contributed by atoms with van der Waals surface area (Å²) in [7, 11) is 0. The first-order valence-corrected chi connectivity index (χ1v) is 6.72. The fraction of sp³-hybridized carbons (Fsp3) is 1.00. The van der Waals surface area contributed by atoms with Crippen LogP contribution < -0.4 is 5.73 Å². The Morgan fingerprint density at radius 2 is 2.00 bits per heavy atom. The van der Waals surface area contributed by atoms with Crippen molar-refractivity contribution in [3.8, 4) is 0 Å². The van der Waals surface area contributed by atoms with Crippen molar-refractivity contribution in [2.24, 2.45) is 17.6 Å². The van der Waals surface area contributed by atoms with Gasteiger partial charge in [-0.2, -0.15) is 11.8 Å². The zero-order chi connectivity index (χ0) is 9.68. The summed E-state index contributed by atoms with van der Waals surface area (Å²) in [5.41, 5.74) is 6.15. The predicted octanol–water partition coefficient (Wildman–Crippen LogP) is 2.89. The molecule has 2 atom stereocenters. The van der Waals surface area contributed by atoms with Gasteiger partial charge in [-0.25, -0.2) is 0 Å². The van der Waals surface area contributed by atoms with Crippen LogP contribution in [-0.2, 0) is 0 Å². The molecule has 2 unspecified atom stereocenters. The zero-order valence-electron chi connectivity index (χ0n) is 8.96. The molecule has 2 N–H and O–H groups in total. The Hall–Kier alpha value is 0.310. The molecule has 1 aliphatic heterocycles. The van der Waals surface area contributed by atoms with E-state index in [2.05, 4.69) is 25.6 Å². The van der Waals surface area contributed by atoms with Crippen molar-refractivity contribution >= 4 is 11.8 Å². The van der Waals surface area contributed by atoms with Gasteiger partial charge in [-0.05, 0) is 42.6 Å². The Balaban J connectivity index is 2.21. The van der Waals surface area contributed by atoms with Crippen LogP contribution in [0, 0.1) is 11.8 Å². The van der Waals surface area contributed by atoms with Crippen molar-refractivity contribution in [3.63, 3.8) is 0 Å². The van der Waals surface area contributed by atoms with Crippen LogP contribution in [-0.4, -0.2) is 17.5 Å². The SMILES string of the molecule is CCC(C)C(N)CC1CCSCC1. The van der Waals surface area contributed by atoms with Crippen LogP contribution in [0.1, 0.15) is 39.5 Å². The van der Waals surface area contributed by atoms with Crippen molar-refractivity contribution in [1.29, 1.82) is 0 Å². The standard InChI is InChI=1S/C11H23NS/c1-3-9(2)11(12)8-10-4-6-13-7-5-10/h9-11H,3-8,12H2,1-2H3. The number of hydrogen-bond acceptors (Lipinski definition) is 2. The summed E-state index contributed by atoms with van der Waals surface area (Å²) in [5, 5.41) is 0. The number of hydrogen-bond donors (Lipinski definition) is 1. The molecule has 1 aliphatic rings. The number of rotatable bonds is 4. The van der Waals surface area contributed by atoms with Crippen LogP contribution in [0.2, 0.25) is 0 Å². The second-order valence-electron chi connectivity index (χ2n) is 4.34. The van der Waals surface area contributed by atoms with E-state index in [0.29, 0.717) is 12.0 Å². The van der Waals surface area contributed by atoms with E-state index in [4.69, 9.17) is 5.73 Å². The fourth-order valence-electron chi connectivity index (χ4n) is 1.90. The summed E-state index contributed by atoms with van der Waals surface area (Å²) >= 11 is 2.10. The molecule has 13 heavy (non-hydrogen) atoms. The molecule has 0 saturated carbocycles. The topological polar surface area (TPSA) is 26.0 Å². The average Bonchev–Trinajstić information content (AvgIpc) is 2.18. The monoisotopic (exact) mass is 201 g/mol. The highest BCUT2D eigenvalue weighted by atomic mass is 32.2. The first-order chi connectivity index (χ1) is 6.24. The normalized spacial score (nSPS) is 24.2.